The summed E-state index contributed by atoms with van der Waals surface area (Å²) in [7, 11) is 1.54. The fourth-order valence-corrected chi connectivity index (χ4v) is 1.47. The summed E-state index contributed by atoms with van der Waals surface area (Å²) in [4.78, 5) is 13.8. The maximum absolute atomic E-state index is 10.7. The minimum absolute atomic E-state index is 0.187. The minimum Gasteiger partial charge on any atom is -0.388 e. The molecule has 0 aromatic carbocycles. The first kappa shape index (κ1) is 15.8. The first-order chi connectivity index (χ1) is 9.39. The van der Waals surface area contributed by atoms with E-state index in [4.69, 9.17) is 10.00 Å². The number of hydrogen-bond acceptors (Lipinski definition) is 7. The molecule has 0 aliphatic carbocycles. The van der Waals surface area contributed by atoms with E-state index in [1.54, 1.807) is 20.1 Å². The number of nitro groups is 1. The molecule has 0 amide bonds. The van der Waals surface area contributed by atoms with Gasteiger partial charge in [-0.25, -0.2) is 4.98 Å². The van der Waals surface area contributed by atoms with Crippen LogP contribution in [0.4, 0.5) is 11.5 Å². The zero-order valence-corrected chi connectivity index (χ0v) is 11.3. The van der Waals surface area contributed by atoms with Crippen LogP contribution in [0.15, 0.2) is 12.1 Å². The molecule has 0 spiro atoms. The molecule has 1 aromatic heterocycles. The lowest BCUT2D eigenvalue weighted by molar-refractivity contribution is -0.385. The second-order valence-corrected chi connectivity index (χ2v) is 4.53. The van der Waals surface area contributed by atoms with Gasteiger partial charge in [-0.1, -0.05) is 0 Å². The number of rotatable bonds is 7. The summed E-state index contributed by atoms with van der Waals surface area (Å²) in [5.74, 6) is 0.296. The SMILES string of the molecule is COCCC(C)(O)CNc1ccc([N+](=O)[O-])c(C#N)n1. The molecule has 0 bridgehead atoms. The van der Waals surface area contributed by atoms with E-state index in [2.05, 4.69) is 10.3 Å². The van der Waals surface area contributed by atoms with Crippen molar-refractivity contribution in [1.29, 1.82) is 5.26 Å². The molecule has 20 heavy (non-hydrogen) atoms. The number of hydrogen-bond donors (Lipinski definition) is 2. The van der Waals surface area contributed by atoms with Crippen LogP contribution in [-0.4, -0.2) is 40.9 Å². The highest BCUT2D eigenvalue weighted by Crippen LogP contribution is 2.19. The van der Waals surface area contributed by atoms with Crippen molar-refractivity contribution >= 4 is 11.5 Å². The predicted octanol–water partition coefficient (Wildman–Crippen LogP) is 1.06. The fourth-order valence-electron chi connectivity index (χ4n) is 1.47. The third-order valence-corrected chi connectivity index (χ3v) is 2.67. The molecule has 8 nitrogen and oxygen atoms in total. The molecule has 1 atom stereocenters. The molecular formula is C12H16N4O4. The smallest absolute Gasteiger partial charge is 0.305 e. The van der Waals surface area contributed by atoms with Crippen molar-refractivity contribution in [2.45, 2.75) is 18.9 Å². The van der Waals surface area contributed by atoms with Crippen molar-refractivity contribution in [3.05, 3.63) is 27.9 Å². The van der Waals surface area contributed by atoms with E-state index >= 15 is 0 Å². The molecular weight excluding hydrogens is 264 g/mol. The molecule has 1 heterocycles. The van der Waals surface area contributed by atoms with Crippen LogP contribution in [0.1, 0.15) is 19.0 Å². The highest BCUT2D eigenvalue weighted by atomic mass is 16.6. The second kappa shape index (κ2) is 6.79. The number of methoxy groups -OCH3 is 1. The largest absolute Gasteiger partial charge is 0.388 e. The number of aromatic nitrogens is 1. The van der Waals surface area contributed by atoms with Gasteiger partial charge in [0.05, 0.1) is 10.5 Å². The first-order valence-corrected chi connectivity index (χ1v) is 5.90. The summed E-state index contributed by atoms with van der Waals surface area (Å²) in [6.07, 6.45) is 0.425. The standard InChI is InChI=1S/C12H16N4O4/c1-12(17,5-6-20-2)8-14-11-4-3-10(16(18)19)9(7-13)15-11/h3-4,17H,5-6,8H2,1-2H3,(H,14,15). The molecule has 0 aliphatic rings. The normalized spacial score (nSPS) is 13.3. The Balaban J connectivity index is 2.75. The molecule has 0 fully saturated rings. The summed E-state index contributed by atoms with van der Waals surface area (Å²) in [6.45, 7) is 2.23. The van der Waals surface area contributed by atoms with Crippen LogP contribution in [0.2, 0.25) is 0 Å². The van der Waals surface area contributed by atoms with Crippen molar-refractivity contribution in [2.24, 2.45) is 0 Å². The molecule has 1 unspecified atom stereocenters. The van der Waals surface area contributed by atoms with Gasteiger partial charge in [0.25, 0.3) is 0 Å². The number of nitrogens with one attached hydrogen (secondary N) is 1. The number of ether oxygens (including phenoxy) is 1. The van der Waals surface area contributed by atoms with Gasteiger partial charge >= 0.3 is 5.69 Å². The van der Waals surface area contributed by atoms with E-state index in [1.807, 2.05) is 0 Å². The quantitative estimate of drug-likeness (QED) is 0.565. The van der Waals surface area contributed by atoms with E-state index in [1.165, 1.54) is 12.1 Å². The molecule has 2 N–H and O–H groups in total. The topological polar surface area (TPSA) is 121 Å². The number of pyridine rings is 1. The van der Waals surface area contributed by atoms with E-state index in [0.717, 1.165) is 0 Å². The van der Waals surface area contributed by atoms with Gasteiger partial charge in [-0.2, -0.15) is 5.26 Å². The minimum atomic E-state index is -1.01. The summed E-state index contributed by atoms with van der Waals surface area (Å²) in [5, 5.41) is 32.4. The molecule has 0 saturated heterocycles. The zero-order chi connectivity index (χ0) is 15.2. The summed E-state index contributed by atoms with van der Waals surface area (Å²) >= 11 is 0. The van der Waals surface area contributed by atoms with Crippen LogP contribution in [0.25, 0.3) is 0 Å². The second-order valence-electron chi connectivity index (χ2n) is 4.53. The molecule has 0 aliphatic heterocycles. The van der Waals surface area contributed by atoms with Crippen molar-refractivity contribution in [3.63, 3.8) is 0 Å². The highest BCUT2D eigenvalue weighted by molar-refractivity contribution is 5.50. The summed E-state index contributed by atoms with van der Waals surface area (Å²) in [6, 6.07) is 4.27. The van der Waals surface area contributed by atoms with E-state index in [9.17, 15) is 15.2 Å². The molecule has 108 valence electrons. The Morgan fingerprint density at radius 1 is 1.65 bits per heavy atom. The lowest BCUT2D eigenvalue weighted by atomic mass is 10.0. The van der Waals surface area contributed by atoms with Crippen molar-refractivity contribution in [3.8, 4) is 6.07 Å². The lowest BCUT2D eigenvalue weighted by Crippen LogP contribution is -2.34. The Labute approximate surface area is 116 Å². The monoisotopic (exact) mass is 280 g/mol. The number of aliphatic hydroxyl groups is 1. The van der Waals surface area contributed by atoms with Gasteiger partial charge in [0.2, 0.25) is 5.69 Å². The van der Waals surface area contributed by atoms with Crippen LogP contribution in [0, 0.1) is 21.4 Å². The van der Waals surface area contributed by atoms with Crippen molar-refractivity contribution in [2.75, 3.05) is 25.6 Å². The Morgan fingerprint density at radius 2 is 2.35 bits per heavy atom. The molecule has 8 heteroatoms. The Kier molecular flexibility index (Phi) is 5.37. The third kappa shape index (κ3) is 4.46. The van der Waals surface area contributed by atoms with Crippen molar-refractivity contribution < 1.29 is 14.8 Å². The lowest BCUT2D eigenvalue weighted by Gasteiger charge is -2.23. The maximum Gasteiger partial charge on any atom is 0.305 e. The van der Waals surface area contributed by atoms with Gasteiger partial charge in [0.1, 0.15) is 11.9 Å². The summed E-state index contributed by atoms with van der Waals surface area (Å²) in [5.41, 5.74) is -1.62. The van der Waals surface area contributed by atoms with Crippen LogP contribution in [-0.2, 0) is 4.74 Å². The Bertz CT molecular complexity index is 525. The van der Waals surface area contributed by atoms with Crippen LogP contribution < -0.4 is 5.32 Å². The van der Waals surface area contributed by atoms with Crippen molar-refractivity contribution in [1.82, 2.24) is 4.98 Å². The Morgan fingerprint density at radius 3 is 2.90 bits per heavy atom. The van der Waals surface area contributed by atoms with Crippen LogP contribution in [0.3, 0.4) is 0 Å². The average Bonchev–Trinajstić information content (AvgIpc) is 2.42. The highest BCUT2D eigenvalue weighted by Gasteiger charge is 2.21. The predicted molar refractivity (Wildman–Crippen MR) is 71.2 cm³/mol. The molecule has 0 saturated carbocycles. The molecule has 1 aromatic rings. The van der Waals surface area contributed by atoms with Gasteiger partial charge in [-0.15, -0.1) is 0 Å². The number of anilines is 1. The van der Waals surface area contributed by atoms with Crippen LogP contribution >= 0.6 is 0 Å². The summed E-state index contributed by atoms with van der Waals surface area (Å²) < 4.78 is 4.89. The van der Waals surface area contributed by atoms with Gasteiger partial charge in [-0.05, 0) is 13.0 Å². The number of nitriles is 1. The molecule has 0 radical (unpaired) electrons. The number of nitrogens with zero attached hydrogens (tertiary/aromatic N) is 3. The first-order valence-electron chi connectivity index (χ1n) is 5.90. The van der Waals surface area contributed by atoms with Gasteiger partial charge in [0, 0.05) is 32.7 Å². The third-order valence-electron chi connectivity index (χ3n) is 2.67. The molecule has 1 rings (SSSR count). The van der Waals surface area contributed by atoms with Gasteiger partial charge in [0.15, 0.2) is 0 Å². The van der Waals surface area contributed by atoms with E-state index < -0.39 is 10.5 Å². The zero-order valence-electron chi connectivity index (χ0n) is 11.3. The van der Waals surface area contributed by atoms with Gasteiger partial charge < -0.3 is 15.2 Å². The van der Waals surface area contributed by atoms with E-state index in [0.29, 0.717) is 18.8 Å². The van der Waals surface area contributed by atoms with Crippen LogP contribution in [0.5, 0.6) is 0 Å². The fraction of sp³-hybridized carbons (Fsp3) is 0.500. The van der Waals surface area contributed by atoms with E-state index in [-0.39, 0.29) is 17.9 Å². The Hall–Kier alpha value is -2.24. The average molecular weight is 280 g/mol. The maximum atomic E-state index is 10.7. The van der Waals surface area contributed by atoms with Gasteiger partial charge in [-0.3, -0.25) is 10.1 Å².